The monoisotopic (exact) mass is 611 g/mol. The highest BCUT2D eigenvalue weighted by atomic mass is 16.6. The lowest BCUT2D eigenvalue weighted by molar-refractivity contribution is -0.167. The number of rotatable bonds is 3. The number of aromatic nitrogens is 2. The van der Waals surface area contributed by atoms with Gasteiger partial charge in [-0.1, -0.05) is 40.5 Å². The number of aldehydes is 1. The quantitative estimate of drug-likeness (QED) is 0.303. The van der Waals surface area contributed by atoms with Crippen molar-refractivity contribution in [3.05, 3.63) is 23.9 Å². The number of methoxy groups -OCH3 is 1. The van der Waals surface area contributed by atoms with Crippen LogP contribution in [0.3, 0.4) is 0 Å². The first kappa shape index (κ1) is 27.1. The van der Waals surface area contributed by atoms with E-state index in [0.29, 0.717) is 42.5 Å². The Bertz CT molecular complexity index is 1550. The van der Waals surface area contributed by atoms with Gasteiger partial charge in [-0.25, -0.2) is 9.97 Å². The van der Waals surface area contributed by atoms with Crippen molar-refractivity contribution < 1.29 is 34.1 Å². The van der Waals surface area contributed by atoms with Crippen LogP contribution < -0.4 is 9.47 Å². The Kier molecular flexibility index (Phi) is 8.02. The molecule has 0 spiro atoms. The molecule has 1 amide bonds. The number of hydrogen-bond acceptors (Lipinski definition) is 8. The second-order valence-corrected chi connectivity index (χ2v) is 13.8. The van der Waals surface area contributed by atoms with E-state index in [-0.39, 0.29) is 42.8 Å². The topological polar surface area (TPSA) is 108 Å². The van der Waals surface area contributed by atoms with Gasteiger partial charge in [-0.05, 0) is 75.2 Å². The minimum Gasteiger partial charge on any atom is -0.497 e. The Morgan fingerprint density at radius 3 is 2.64 bits per heavy atom. The average molecular weight is 612 g/mol. The van der Waals surface area contributed by atoms with Crippen molar-refractivity contribution in [2.45, 2.75) is 116 Å². The highest BCUT2D eigenvalue weighted by molar-refractivity contribution is 5.87. The number of carbonyl (C=O) groups excluding carboxylic acids is 3. The van der Waals surface area contributed by atoms with Gasteiger partial charge in [0.15, 0.2) is 0 Å². The number of hydrogen-bond donors (Lipinski definition) is 0. The maximum absolute atomic E-state index is 14.4. The summed E-state index contributed by atoms with van der Waals surface area (Å²) in [5.41, 5.74) is -0.968. The van der Waals surface area contributed by atoms with E-state index >= 15 is 0 Å². The standard InChI is InChI=1S/C35H49N3O6/c1-7-24-29(21-39)38-20-30(24)43-32-27(36-26-16-15-23(42-6)18-28(26)37-32)14-10-8-9-12-22-13-11-17-35(22,5)44-31(40)19-25(33(38)41)34(2,3)4/h15-16,18,21-22,24-25,29-30H,7-14,17,19-20H2,1-6H3/t22-,24+,25-,29-,30+,35-/m1/s1/i10D2,14D2. The molecule has 1 saturated carbocycles. The zero-order valence-corrected chi connectivity index (χ0v) is 26.9. The molecule has 6 atom stereocenters. The number of aryl methyl sites for hydroxylation is 1. The van der Waals surface area contributed by atoms with E-state index in [0.717, 1.165) is 19.1 Å². The summed E-state index contributed by atoms with van der Waals surface area (Å²) in [5, 5.41) is 0. The van der Waals surface area contributed by atoms with E-state index in [4.69, 9.17) is 17.0 Å². The van der Waals surface area contributed by atoms with Crippen LogP contribution in [-0.2, 0) is 25.5 Å². The summed E-state index contributed by atoms with van der Waals surface area (Å²) in [5.74, 6) is -1.79. The molecular weight excluding hydrogens is 558 g/mol. The van der Waals surface area contributed by atoms with Crippen LogP contribution in [0.25, 0.3) is 11.0 Å². The van der Waals surface area contributed by atoms with E-state index in [9.17, 15) is 17.1 Å². The van der Waals surface area contributed by atoms with Gasteiger partial charge in [0.05, 0.1) is 43.1 Å². The third-order valence-corrected chi connectivity index (χ3v) is 9.86. The van der Waals surface area contributed by atoms with Crippen molar-refractivity contribution in [3.8, 4) is 11.6 Å². The average Bonchev–Trinajstić information content (AvgIpc) is 3.56. The SMILES string of the molecule is [2H]C1([2H])CCC[C@@H]2CCC[C@@]2(C)OC(=O)C[C@@H](C(C)(C)C)C(=O)N2C[C@H](Oc3nc4cc(OC)ccc4nc3C1([2H])[2H])[C@@H](CC)[C@H]2C=O. The molecule has 2 bridgehead atoms. The van der Waals surface area contributed by atoms with E-state index in [1.165, 1.54) is 12.0 Å². The number of carbonyl (C=O) groups is 3. The Morgan fingerprint density at radius 1 is 1.16 bits per heavy atom. The van der Waals surface area contributed by atoms with E-state index < -0.39 is 53.7 Å². The van der Waals surface area contributed by atoms with Gasteiger partial charge < -0.3 is 23.9 Å². The zero-order chi connectivity index (χ0) is 35.2. The smallest absolute Gasteiger partial charge is 0.307 e. The lowest BCUT2D eigenvalue weighted by Crippen LogP contribution is -2.47. The van der Waals surface area contributed by atoms with E-state index in [2.05, 4.69) is 9.97 Å². The Balaban J connectivity index is 1.65. The number of nitrogens with zero attached hydrogens (tertiary/aromatic N) is 3. The van der Waals surface area contributed by atoms with Gasteiger partial charge in [0.1, 0.15) is 29.4 Å². The molecule has 240 valence electrons. The van der Waals surface area contributed by atoms with E-state index in [1.807, 2.05) is 34.6 Å². The van der Waals surface area contributed by atoms with Crippen LogP contribution in [-0.4, -0.2) is 64.4 Å². The second-order valence-electron chi connectivity index (χ2n) is 13.8. The molecule has 1 aromatic carbocycles. The largest absolute Gasteiger partial charge is 0.497 e. The molecule has 3 heterocycles. The molecule has 1 aromatic heterocycles. The first-order valence-corrected chi connectivity index (χ1v) is 16.0. The number of benzene rings is 1. The molecule has 0 N–H and O–H groups in total. The fraction of sp³-hybridized carbons (Fsp3) is 0.686. The lowest BCUT2D eigenvalue weighted by Gasteiger charge is -2.36. The Labute approximate surface area is 267 Å². The second kappa shape index (κ2) is 13.0. The zero-order valence-electron chi connectivity index (χ0n) is 30.9. The minimum absolute atomic E-state index is 0.00464. The summed E-state index contributed by atoms with van der Waals surface area (Å²) < 4.78 is 54.3. The molecule has 0 radical (unpaired) electrons. The van der Waals surface area contributed by atoms with Crippen LogP contribution in [0, 0.1) is 23.2 Å². The van der Waals surface area contributed by atoms with Gasteiger partial charge in [0, 0.05) is 17.5 Å². The van der Waals surface area contributed by atoms with Crippen molar-refractivity contribution >= 4 is 29.2 Å². The molecule has 0 unspecified atom stereocenters. The molecule has 9 nitrogen and oxygen atoms in total. The molecule has 1 aliphatic carbocycles. The molecule has 3 aliphatic rings. The Morgan fingerprint density at radius 2 is 1.93 bits per heavy atom. The van der Waals surface area contributed by atoms with Gasteiger partial charge in [0.25, 0.3) is 0 Å². The summed E-state index contributed by atoms with van der Waals surface area (Å²) in [6, 6.07) is 4.10. The normalized spacial score (nSPS) is 34.1. The minimum atomic E-state index is -2.63. The fourth-order valence-corrected chi connectivity index (χ4v) is 7.20. The molecule has 2 aromatic rings. The molecule has 9 heteroatoms. The van der Waals surface area contributed by atoms with Crippen molar-refractivity contribution in [2.75, 3.05) is 13.7 Å². The van der Waals surface area contributed by atoms with Gasteiger partial charge >= 0.3 is 5.97 Å². The van der Waals surface area contributed by atoms with Crippen LogP contribution in [0.5, 0.6) is 11.6 Å². The lowest BCUT2D eigenvalue weighted by atomic mass is 9.77. The molecule has 44 heavy (non-hydrogen) atoms. The van der Waals surface area contributed by atoms with Gasteiger partial charge in [0.2, 0.25) is 11.8 Å². The summed E-state index contributed by atoms with van der Waals surface area (Å²) >= 11 is 0. The third kappa shape index (κ3) is 6.57. The van der Waals surface area contributed by atoms with Crippen molar-refractivity contribution in [2.24, 2.45) is 23.2 Å². The van der Waals surface area contributed by atoms with Gasteiger partial charge in [-0.15, -0.1) is 0 Å². The maximum Gasteiger partial charge on any atom is 0.307 e. The molecule has 1 saturated heterocycles. The third-order valence-electron chi connectivity index (χ3n) is 9.86. The van der Waals surface area contributed by atoms with Crippen LogP contribution in [0.1, 0.15) is 104 Å². The van der Waals surface area contributed by atoms with Gasteiger partial charge in [-0.3, -0.25) is 9.59 Å². The molecule has 2 aliphatic heterocycles. The number of ether oxygens (including phenoxy) is 3. The van der Waals surface area contributed by atoms with Crippen LogP contribution in [0.2, 0.25) is 0 Å². The first-order valence-electron chi connectivity index (χ1n) is 18.0. The highest BCUT2D eigenvalue weighted by Crippen LogP contribution is 2.43. The summed E-state index contributed by atoms with van der Waals surface area (Å²) in [6.07, 6.45) is -1.63. The Hall–Kier alpha value is -3.23. The predicted molar refractivity (Wildman–Crippen MR) is 167 cm³/mol. The number of amides is 1. The summed E-state index contributed by atoms with van der Waals surface area (Å²) in [6.45, 7) is 9.48. The van der Waals surface area contributed by atoms with Crippen LogP contribution in [0.15, 0.2) is 18.2 Å². The number of fused-ring (bicyclic) bond motifs is 5. The molecular formula is C35H49N3O6. The molecule has 5 rings (SSSR count). The highest BCUT2D eigenvalue weighted by Gasteiger charge is 2.49. The van der Waals surface area contributed by atoms with Crippen LogP contribution >= 0.6 is 0 Å². The van der Waals surface area contributed by atoms with Crippen molar-refractivity contribution in [1.82, 2.24) is 14.9 Å². The maximum atomic E-state index is 14.4. The van der Waals surface area contributed by atoms with Crippen molar-refractivity contribution in [1.29, 1.82) is 0 Å². The van der Waals surface area contributed by atoms with E-state index in [1.54, 1.807) is 18.2 Å². The predicted octanol–water partition coefficient (Wildman–Crippen LogP) is 6.09. The first-order chi connectivity index (χ1) is 22.5. The summed E-state index contributed by atoms with van der Waals surface area (Å²) in [7, 11) is 1.51. The van der Waals surface area contributed by atoms with Crippen LogP contribution in [0.4, 0.5) is 0 Å². The fourth-order valence-electron chi connectivity index (χ4n) is 7.20. The van der Waals surface area contributed by atoms with Gasteiger partial charge in [-0.2, -0.15) is 0 Å². The van der Waals surface area contributed by atoms with Crippen molar-refractivity contribution in [3.63, 3.8) is 0 Å². The molecule has 2 fully saturated rings. The number of esters is 1. The summed E-state index contributed by atoms with van der Waals surface area (Å²) in [4.78, 5) is 51.3.